The Morgan fingerprint density at radius 1 is 1.23 bits per heavy atom. The minimum Gasteiger partial charge on any atom is -0.496 e. The molecule has 120 valence electrons. The Kier molecular flexibility index (Phi) is 4.76. The zero-order valence-electron chi connectivity index (χ0n) is 13.9. The quantitative estimate of drug-likeness (QED) is 0.891. The molecular formula is C17H24N2O3. The van der Waals surface area contributed by atoms with E-state index in [1.807, 2.05) is 43.7 Å². The summed E-state index contributed by atoms with van der Waals surface area (Å²) in [6.07, 6.45) is 4.33. The highest BCUT2D eigenvalue weighted by molar-refractivity contribution is 5.69. The third-order valence-corrected chi connectivity index (χ3v) is 3.70. The van der Waals surface area contributed by atoms with Crippen LogP contribution in [0.25, 0.3) is 11.4 Å². The smallest absolute Gasteiger partial charge is 0.143 e. The zero-order chi connectivity index (χ0) is 16.3. The molecule has 2 aromatic rings. The van der Waals surface area contributed by atoms with Gasteiger partial charge in [0.2, 0.25) is 0 Å². The van der Waals surface area contributed by atoms with E-state index in [1.165, 1.54) is 0 Å². The Bertz CT molecular complexity index is 642. The highest BCUT2D eigenvalue weighted by atomic mass is 16.5. The van der Waals surface area contributed by atoms with Gasteiger partial charge in [-0.25, -0.2) is 4.98 Å². The van der Waals surface area contributed by atoms with Crippen molar-refractivity contribution in [2.45, 2.75) is 39.3 Å². The van der Waals surface area contributed by atoms with Crippen LogP contribution in [0, 0.1) is 6.92 Å². The lowest BCUT2D eigenvalue weighted by Gasteiger charge is -2.19. The van der Waals surface area contributed by atoms with E-state index in [9.17, 15) is 5.11 Å². The summed E-state index contributed by atoms with van der Waals surface area (Å²) >= 11 is 0. The molecule has 0 spiro atoms. The van der Waals surface area contributed by atoms with Crippen LogP contribution < -0.4 is 9.47 Å². The number of hydrogen-bond acceptors (Lipinski definition) is 4. The first kappa shape index (κ1) is 16.4. The molecule has 0 aliphatic rings. The van der Waals surface area contributed by atoms with Crippen molar-refractivity contribution in [1.82, 2.24) is 9.55 Å². The van der Waals surface area contributed by atoms with Crippen LogP contribution >= 0.6 is 0 Å². The topological polar surface area (TPSA) is 56.5 Å². The van der Waals surface area contributed by atoms with Crippen molar-refractivity contribution in [3.63, 3.8) is 0 Å². The van der Waals surface area contributed by atoms with E-state index in [4.69, 9.17) is 9.47 Å². The van der Waals surface area contributed by atoms with E-state index in [1.54, 1.807) is 20.4 Å². The number of benzene rings is 1. The van der Waals surface area contributed by atoms with Crippen molar-refractivity contribution >= 4 is 0 Å². The summed E-state index contributed by atoms with van der Waals surface area (Å²) in [5.41, 5.74) is 1.16. The minimum absolute atomic E-state index is 0.647. The Labute approximate surface area is 131 Å². The second kappa shape index (κ2) is 6.40. The van der Waals surface area contributed by atoms with Gasteiger partial charge in [-0.1, -0.05) is 0 Å². The van der Waals surface area contributed by atoms with Gasteiger partial charge >= 0.3 is 0 Å². The average Bonchev–Trinajstić information content (AvgIpc) is 2.92. The van der Waals surface area contributed by atoms with E-state index < -0.39 is 5.60 Å². The number of aliphatic hydroxyl groups is 1. The van der Waals surface area contributed by atoms with Crippen LogP contribution in [0.4, 0.5) is 0 Å². The van der Waals surface area contributed by atoms with Crippen LogP contribution in [0.1, 0.15) is 25.8 Å². The molecule has 0 unspecified atom stereocenters. The van der Waals surface area contributed by atoms with Crippen LogP contribution in [0.2, 0.25) is 0 Å². The minimum atomic E-state index is -0.707. The molecule has 2 rings (SSSR count). The first-order valence-corrected chi connectivity index (χ1v) is 7.33. The number of nitrogens with zero attached hydrogens (tertiary/aromatic N) is 2. The summed E-state index contributed by atoms with van der Waals surface area (Å²) in [5.74, 6) is 2.37. The van der Waals surface area contributed by atoms with Gasteiger partial charge in [0.05, 0.1) is 25.4 Å². The summed E-state index contributed by atoms with van der Waals surface area (Å²) < 4.78 is 12.9. The fourth-order valence-electron chi connectivity index (χ4n) is 2.46. The maximum Gasteiger partial charge on any atom is 0.143 e. The molecule has 0 atom stereocenters. The lowest BCUT2D eigenvalue weighted by Crippen LogP contribution is -2.21. The second-order valence-corrected chi connectivity index (χ2v) is 5.98. The van der Waals surface area contributed by atoms with Gasteiger partial charge in [-0.3, -0.25) is 0 Å². The van der Waals surface area contributed by atoms with Crippen molar-refractivity contribution < 1.29 is 14.6 Å². The second-order valence-electron chi connectivity index (χ2n) is 5.98. The normalized spacial score (nSPS) is 11.5. The molecule has 1 aromatic heterocycles. The highest BCUT2D eigenvalue weighted by Gasteiger charge is 2.18. The van der Waals surface area contributed by atoms with Crippen LogP contribution in [0.3, 0.4) is 0 Å². The van der Waals surface area contributed by atoms with Crippen LogP contribution in [0.5, 0.6) is 11.5 Å². The molecule has 1 N–H and O–H groups in total. The molecule has 0 saturated carbocycles. The molecule has 0 fully saturated rings. The SMILES string of the molecule is COc1ccc(-c2nccn2CCC(C)(C)O)c(OC)c1C. The zero-order valence-corrected chi connectivity index (χ0v) is 13.9. The molecule has 22 heavy (non-hydrogen) atoms. The van der Waals surface area contributed by atoms with Crippen LogP contribution in [0.15, 0.2) is 24.5 Å². The lowest BCUT2D eigenvalue weighted by molar-refractivity contribution is 0.0663. The van der Waals surface area contributed by atoms with Crippen molar-refractivity contribution in [2.24, 2.45) is 0 Å². The van der Waals surface area contributed by atoms with E-state index in [0.717, 1.165) is 28.5 Å². The predicted molar refractivity (Wildman–Crippen MR) is 86.4 cm³/mol. The third-order valence-electron chi connectivity index (χ3n) is 3.70. The van der Waals surface area contributed by atoms with Crippen molar-refractivity contribution in [1.29, 1.82) is 0 Å². The molecule has 1 aromatic carbocycles. The van der Waals surface area contributed by atoms with E-state index in [2.05, 4.69) is 4.98 Å². The van der Waals surface area contributed by atoms with Gasteiger partial charge in [0.15, 0.2) is 0 Å². The van der Waals surface area contributed by atoms with Gasteiger partial charge in [-0.2, -0.15) is 0 Å². The van der Waals surface area contributed by atoms with E-state index in [0.29, 0.717) is 13.0 Å². The summed E-state index contributed by atoms with van der Waals surface area (Å²) in [6.45, 7) is 6.27. The van der Waals surface area contributed by atoms with Crippen molar-refractivity contribution in [2.75, 3.05) is 14.2 Å². The number of ether oxygens (including phenoxy) is 2. The Morgan fingerprint density at radius 2 is 1.95 bits per heavy atom. The first-order chi connectivity index (χ1) is 10.4. The Hall–Kier alpha value is -2.01. The summed E-state index contributed by atoms with van der Waals surface area (Å²) in [4.78, 5) is 4.45. The van der Waals surface area contributed by atoms with Gasteiger partial charge in [-0.05, 0) is 39.3 Å². The largest absolute Gasteiger partial charge is 0.496 e. The standard InChI is InChI=1S/C17H24N2O3/c1-12-14(21-4)7-6-13(15(12)22-5)16-18-9-11-19(16)10-8-17(2,3)20/h6-7,9,11,20H,8,10H2,1-5H3. The predicted octanol–water partition coefficient (Wildman–Crippen LogP) is 3.04. The van der Waals surface area contributed by atoms with Crippen LogP contribution in [-0.4, -0.2) is 34.5 Å². The average molecular weight is 304 g/mol. The molecule has 0 amide bonds. The van der Waals surface area contributed by atoms with Gasteiger partial charge in [0, 0.05) is 24.5 Å². The Balaban J connectivity index is 2.41. The molecule has 0 saturated heterocycles. The van der Waals surface area contributed by atoms with Gasteiger partial charge in [0.1, 0.15) is 17.3 Å². The molecule has 5 heteroatoms. The van der Waals surface area contributed by atoms with Gasteiger partial charge in [0.25, 0.3) is 0 Å². The number of rotatable bonds is 6. The summed E-state index contributed by atoms with van der Waals surface area (Å²) in [7, 11) is 3.29. The number of imidazole rings is 1. The molecule has 5 nitrogen and oxygen atoms in total. The lowest BCUT2D eigenvalue weighted by atomic mass is 10.1. The number of aromatic nitrogens is 2. The number of methoxy groups -OCH3 is 2. The van der Waals surface area contributed by atoms with Gasteiger partial charge in [-0.15, -0.1) is 0 Å². The van der Waals surface area contributed by atoms with Crippen molar-refractivity contribution in [3.05, 3.63) is 30.1 Å². The first-order valence-electron chi connectivity index (χ1n) is 7.33. The third kappa shape index (κ3) is 3.42. The monoisotopic (exact) mass is 304 g/mol. The van der Waals surface area contributed by atoms with E-state index in [-0.39, 0.29) is 0 Å². The molecular weight excluding hydrogens is 280 g/mol. The summed E-state index contributed by atoms with van der Waals surface area (Å²) in [5, 5.41) is 9.92. The molecule has 0 radical (unpaired) electrons. The summed E-state index contributed by atoms with van der Waals surface area (Å²) in [6, 6.07) is 3.87. The Morgan fingerprint density at radius 3 is 2.55 bits per heavy atom. The van der Waals surface area contributed by atoms with Crippen molar-refractivity contribution in [3.8, 4) is 22.9 Å². The highest BCUT2D eigenvalue weighted by Crippen LogP contribution is 2.37. The molecule has 0 aliphatic heterocycles. The molecule has 1 heterocycles. The maximum absolute atomic E-state index is 9.92. The van der Waals surface area contributed by atoms with Crippen LogP contribution in [-0.2, 0) is 6.54 Å². The fourth-order valence-corrected chi connectivity index (χ4v) is 2.46. The molecule has 0 aliphatic carbocycles. The fraction of sp³-hybridized carbons (Fsp3) is 0.471. The maximum atomic E-state index is 9.92. The van der Waals surface area contributed by atoms with Gasteiger partial charge < -0.3 is 19.1 Å². The van der Waals surface area contributed by atoms with E-state index >= 15 is 0 Å². The molecule has 0 bridgehead atoms. The number of hydrogen-bond donors (Lipinski definition) is 1. The number of aryl methyl sites for hydroxylation is 1.